The van der Waals surface area contributed by atoms with Gasteiger partial charge >= 0.3 is 0 Å². The molecule has 2 aromatic carbocycles. The highest BCUT2D eigenvalue weighted by Gasteiger charge is 2.12. The molecule has 0 aliphatic rings. The maximum atomic E-state index is 13.4. The average Bonchev–Trinajstić information content (AvgIpc) is 2.55. The van der Waals surface area contributed by atoms with Crippen molar-refractivity contribution >= 4 is 23.1 Å². The molecule has 1 heterocycles. The second-order valence-corrected chi connectivity index (χ2v) is 5.91. The molecule has 0 unspecified atom stereocenters. The minimum absolute atomic E-state index is 0.298. The molecule has 1 aromatic heterocycles. The van der Waals surface area contributed by atoms with Gasteiger partial charge in [0.25, 0.3) is 0 Å². The number of nitrogens with one attached hydrogen (secondary N) is 1. The van der Waals surface area contributed by atoms with Gasteiger partial charge in [-0.05, 0) is 56.7 Å². The summed E-state index contributed by atoms with van der Waals surface area (Å²) >= 11 is 0. The van der Waals surface area contributed by atoms with Crippen LogP contribution in [0.2, 0.25) is 0 Å². The number of anilines is 4. The Morgan fingerprint density at radius 3 is 2.52 bits per heavy atom. The van der Waals surface area contributed by atoms with Crippen molar-refractivity contribution in [1.29, 1.82) is 0 Å². The number of nitrogens with zero attached hydrogens (tertiary/aromatic N) is 3. The second-order valence-electron chi connectivity index (χ2n) is 5.91. The normalized spacial score (nSPS) is 10.6. The first-order valence-corrected chi connectivity index (χ1v) is 8.27. The van der Waals surface area contributed by atoms with E-state index in [1.54, 1.807) is 12.1 Å². The van der Waals surface area contributed by atoms with E-state index in [0.717, 1.165) is 23.7 Å². The summed E-state index contributed by atoms with van der Waals surface area (Å²) in [6.07, 6.45) is 0. The quantitative estimate of drug-likeness (QED) is 0.701. The van der Waals surface area contributed by atoms with E-state index in [4.69, 9.17) is 0 Å². The lowest BCUT2D eigenvalue weighted by Gasteiger charge is -2.23. The fourth-order valence-electron chi connectivity index (χ4n) is 2.71. The Morgan fingerprint density at radius 2 is 1.80 bits per heavy atom. The van der Waals surface area contributed by atoms with Crippen molar-refractivity contribution in [2.75, 3.05) is 16.8 Å². The molecule has 0 aliphatic carbocycles. The van der Waals surface area contributed by atoms with Crippen LogP contribution < -0.4 is 10.2 Å². The van der Waals surface area contributed by atoms with Crippen LogP contribution in [0, 0.1) is 19.7 Å². The van der Waals surface area contributed by atoms with Crippen LogP contribution in [0.5, 0.6) is 0 Å². The number of aryl methyl sites for hydroxylation is 2. The summed E-state index contributed by atoms with van der Waals surface area (Å²) in [5.74, 6) is 0.957. The summed E-state index contributed by atoms with van der Waals surface area (Å²) < 4.78 is 13.4. The maximum Gasteiger partial charge on any atom is 0.229 e. The van der Waals surface area contributed by atoms with Crippen LogP contribution in [0.4, 0.5) is 27.5 Å². The molecule has 3 rings (SSSR count). The van der Waals surface area contributed by atoms with Gasteiger partial charge in [-0.1, -0.05) is 18.2 Å². The minimum atomic E-state index is -0.298. The lowest BCUT2D eigenvalue weighted by atomic mass is 10.2. The number of halogens is 1. The molecule has 25 heavy (non-hydrogen) atoms. The highest BCUT2D eigenvalue weighted by Crippen LogP contribution is 2.26. The van der Waals surface area contributed by atoms with Crippen molar-refractivity contribution in [3.05, 3.63) is 71.7 Å². The van der Waals surface area contributed by atoms with Gasteiger partial charge in [-0.15, -0.1) is 0 Å². The summed E-state index contributed by atoms with van der Waals surface area (Å²) in [5, 5.41) is 3.08. The van der Waals surface area contributed by atoms with Crippen LogP contribution in [0.25, 0.3) is 0 Å². The predicted molar refractivity (Wildman–Crippen MR) is 100 cm³/mol. The van der Waals surface area contributed by atoms with Crippen LogP contribution >= 0.6 is 0 Å². The zero-order valence-corrected chi connectivity index (χ0v) is 14.6. The van der Waals surface area contributed by atoms with Gasteiger partial charge in [0.1, 0.15) is 11.6 Å². The molecule has 0 spiro atoms. The van der Waals surface area contributed by atoms with E-state index in [0.29, 0.717) is 11.6 Å². The number of rotatable bonds is 5. The van der Waals surface area contributed by atoms with Gasteiger partial charge in [-0.25, -0.2) is 9.37 Å². The highest BCUT2D eigenvalue weighted by atomic mass is 19.1. The Kier molecular flexibility index (Phi) is 4.93. The fraction of sp³-hybridized carbons (Fsp3) is 0.200. The van der Waals surface area contributed by atoms with Crippen LogP contribution in [-0.4, -0.2) is 16.5 Å². The SMILES string of the molecule is CCN(c1cccc(C)c1)c1cc(C)nc(Nc2cccc(F)c2)n1. The van der Waals surface area contributed by atoms with E-state index in [9.17, 15) is 4.39 Å². The summed E-state index contributed by atoms with van der Waals surface area (Å²) in [7, 11) is 0. The molecular formula is C20H21FN4. The van der Waals surface area contributed by atoms with E-state index in [1.807, 2.05) is 19.1 Å². The molecule has 0 radical (unpaired) electrons. The third-order valence-corrected chi connectivity index (χ3v) is 3.83. The van der Waals surface area contributed by atoms with Crippen molar-refractivity contribution in [1.82, 2.24) is 9.97 Å². The number of aromatic nitrogens is 2. The Labute approximate surface area is 147 Å². The van der Waals surface area contributed by atoms with E-state index in [2.05, 4.69) is 52.2 Å². The first-order valence-electron chi connectivity index (χ1n) is 8.27. The van der Waals surface area contributed by atoms with Gasteiger partial charge in [-0.3, -0.25) is 0 Å². The molecule has 3 aromatic rings. The Bertz CT molecular complexity index is 879. The smallest absolute Gasteiger partial charge is 0.229 e. The first kappa shape index (κ1) is 16.9. The molecule has 0 fully saturated rings. The van der Waals surface area contributed by atoms with Gasteiger partial charge in [0, 0.05) is 29.7 Å². The summed E-state index contributed by atoms with van der Waals surface area (Å²) in [4.78, 5) is 11.2. The summed E-state index contributed by atoms with van der Waals surface area (Å²) in [6.45, 7) is 6.85. The van der Waals surface area contributed by atoms with Crippen LogP contribution in [-0.2, 0) is 0 Å². The monoisotopic (exact) mass is 336 g/mol. The molecule has 5 heteroatoms. The van der Waals surface area contributed by atoms with E-state index >= 15 is 0 Å². The molecule has 0 saturated carbocycles. The zero-order valence-electron chi connectivity index (χ0n) is 14.6. The number of hydrogen-bond acceptors (Lipinski definition) is 4. The van der Waals surface area contributed by atoms with Crippen LogP contribution in [0.15, 0.2) is 54.6 Å². The van der Waals surface area contributed by atoms with Crippen LogP contribution in [0.1, 0.15) is 18.2 Å². The standard InChI is InChI=1S/C20H21FN4/c1-4-25(18-10-5-7-14(2)11-18)19-12-15(3)22-20(24-19)23-17-9-6-8-16(21)13-17/h5-13H,4H2,1-3H3,(H,22,23,24). The van der Waals surface area contributed by atoms with Crippen molar-refractivity contribution in [3.8, 4) is 0 Å². The minimum Gasteiger partial charge on any atom is -0.326 e. The molecule has 0 bridgehead atoms. The van der Waals surface area contributed by atoms with Gasteiger partial charge in [0.15, 0.2) is 0 Å². The van der Waals surface area contributed by atoms with Crippen molar-refractivity contribution in [2.45, 2.75) is 20.8 Å². The molecule has 0 amide bonds. The van der Waals surface area contributed by atoms with Crippen molar-refractivity contribution in [3.63, 3.8) is 0 Å². The molecule has 128 valence electrons. The Balaban J connectivity index is 1.95. The highest BCUT2D eigenvalue weighted by molar-refractivity contribution is 5.63. The van der Waals surface area contributed by atoms with E-state index < -0.39 is 0 Å². The van der Waals surface area contributed by atoms with E-state index in [-0.39, 0.29) is 5.82 Å². The molecule has 0 aliphatic heterocycles. The largest absolute Gasteiger partial charge is 0.326 e. The third-order valence-electron chi connectivity index (χ3n) is 3.83. The zero-order chi connectivity index (χ0) is 17.8. The third kappa shape index (κ3) is 4.12. The maximum absolute atomic E-state index is 13.4. The Morgan fingerprint density at radius 1 is 1.00 bits per heavy atom. The second kappa shape index (κ2) is 7.30. The number of hydrogen-bond donors (Lipinski definition) is 1. The lowest BCUT2D eigenvalue weighted by molar-refractivity contribution is 0.628. The van der Waals surface area contributed by atoms with Gasteiger partial charge in [-0.2, -0.15) is 4.98 Å². The molecular weight excluding hydrogens is 315 g/mol. The first-order chi connectivity index (χ1) is 12.0. The number of benzene rings is 2. The van der Waals surface area contributed by atoms with Gasteiger partial charge < -0.3 is 10.2 Å². The molecule has 0 saturated heterocycles. The van der Waals surface area contributed by atoms with Gasteiger partial charge in [0.05, 0.1) is 0 Å². The van der Waals surface area contributed by atoms with Crippen molar-refractivity contribution < 1.29 is 4.39 Å². The molecule has 4 nitrogen and oxygen atoms in total. The lowest BCUT2D eigenvalue weighted by Crippen LogP contribution is -2.18. The van der Waals surface area contributed by atoms with Crippen LogP contribution in [0.3, 0.4) is 0 Å². The fourth-order valence-corrected chi connectivity index (χ4v) is 2.71. The molecule has 1 N–H and O–H groups in total. The predicted octanol–water partition coefficient (Wildman–Crippen LogP) is 5.13. The van der Waals surface area contributed by atoms with Crippen molar-refractivity contribution in [2.24, 2.45) is 0 Å². The topological polar surface area (TPSA) is 41.1 Å². The summed E-state index contributed by atoms with van der Waals surface area (Å²) in [6, 6.07) is 16.5. The van der Waals surface area contributed by atoms with Gasteiger partial charge in [0.2, 0.25) is 5.95 Å². The van der Waals surface area contributed by atoms with E-state index in [1.165, 1.54) is 17.7 Å². The average molecular weight is 336 g/mol. The summed E-state index contributed by atoms with van der Waals surface area (Å²) in [5.41, 5.74) is 3.74. The Hall–Kier alpha value is -2.95. The molecule has 0 atom stereocenters.